The first-order valence-corrected chi connectivity index (χ1v) is 18.9. The summed E-state index contributed by atoms with van der Waals surface area (Å²) in [5.41, 5.74) is 1.58. The molecule has 0 bridgehead atoms. The predicted molar refractivity (Wildman–Crippen MR) is 194 cm³/mol. The smallest absolute Gasteiger partial charge is 0.153 e. The molecule has 0 radical (unpaired) electrons. The Bertz CT molecular complexity index is 2560. The number of rotatable bonds is 4. The maximum absolute atomic E-state index is 13.7. The van der Waals surface area contributed by atoms with E-state index in [1.807, 2.05) is 12.4 Å². The van der Waals surface area contributed by atoms with Crippen molar-refractivity contribution in [3.63, 3.8) is 0 Å². The lowest BCUT2D eigenvalue weighted by atomic mass is 10.1. The second-order valence-electron chi connectivity index (χ2n) is 10.7. The second-order valence-corrected chi connectivity index (χ2v) is 17.0. The van der Waals surface area contributed by atoms with Crippen LogP contribution < -0.4 is 0 Å². The summed E-state index contributed by atoms with van der Waals surface area (Å²) in [5, 5.41) is 8.14. The van der Waals surface area contributed by atoms with E-state index in [2.05, 4.69) is 56.3 Å². The third-order valence-electron chi connectivity index (χ3n) is 7.67. The molecular formula is C34H14F2N4S6. The lowest BCUT2D eigenvalue weighted by molar-refractivity contribution is 0.629. The molecule has 10 rings (SSSR count). The molecule has 4 nitrogen and oxygen atoms in total. The van der Waals surface area contributed by atoms with E-state index in [0.717, 1.165) is 50.2 Å². The van der Waals surface area contributed by atoms with Crippen molar-refractivity contribution in [2.45, 2.75) is 0 Å². The average molecular weight is 709 g/mol. The van der Waals surface area contributed by atoms with Gasteiger partial charge in [0.05, 0.1) is 30.2 Å². The normalized spacial score (nSPS) is 12.1. The van der Waals surface area contributed by atoms with E-state index in [1.165, 1.54) is 87.6 Å². The van der Waals surface area contributed by atoms with E-state index in [9.17, 15) is 8.78 Å². The monoisotopic (exact) mass is 708 g/mol. The molecule has 12 heteroatoms. The zero-order chi connectivity index (χ0) is 30.5. The Hall–Kier alpha value is -4.04. The van der Waals surface area contributed by atoms with Gasteiger partial charge in [-0.1, -0.05) is 0 Å². The van der Waals surface area contributed by atoms with Crippen molar-refractivity contribution < 1.29 is 8.78 Å². The zero-order valence-corrected chi connectivity index (χ0v) is 28.0. The molecule has 0 aliphatic rings. The van der Waals surface area contributed by atoms with Gasteiger partial charge >= 0.3 is 0 Å². The molecule has 0 spiro atoms. The average Bonchev–Trinajstić information content (AvgIpc) is 3.87. The molecule has 46 heavy (non-hydrogen) atoms. The number of thiophene rings is 2. The van der Waals surface area contributed by atoms with Crippen LogP contribution in [0.2, 0.25) is 0 Å². The van der Waals surface area contributed by atoms with Crippen molar-refractivity contribution in [3.8, 4) is 39.5 Å². The molecule has 0 aliphatic carbocycles. The molecule has 0 unspecified atom stereocenters. The highest BCUT2D eigenvalue weighted by atomic mass is 32.1. The van der Waals surface area contributed by atoms with Gasteiger partial charge in [0.1, 0.15) is 11.6 Å². The van der Waals surface area contributed by atoms with Crippen molar-refractivity contribution in [3.05, 3.63) is 96.8 Å². The summed E-state index contributed by atoms with van der Waals surface area (Å²) in [7, 11) is 0. The molecule has 6 aromatic heterocycles. The summed E-state index contributed by atoms with van der Waals surface area (Å²) >= 11 is 9.69. The summed E-state index contributed by atoms with van der Waals surface area (Å²) in [6, 6.07) is 22.9. The number of nitrogens with zero attached hydrogens (tertiary/aromatic N) is 4. The topological polar surface area (TPSA) is 51.6 Å². The molecular weight excluding hydrogens is 695 g/mol. The zero-order valence-electron chi connectivity index (χ0n) is 23.1. The summed E-state index contributed by atoms with van der Waals surface area (Å²) in [6.07, 6.45) is 3.83. The number of fused-ring (bicyclic) bond motifs is 5. The van der Waals surface area contributed by atoms with Crippen molar-refractivity contribution in [2.75, 3.05) is 0 Å². The number of halogens is 2. The van der Waals surface area contributed by atoms with E-state index in [0.29, 0.717) is 0 Å². The molecule has 0 aliphatic heterocycles. The Morgan fingerprint density at radius 2 is 0.870 bits per heavy atom. The van der Waals surface area contributed by atoms with Crippen LogP contribution in [0.1, 0.15) is 0 Å². The van der Waals surface area contributed by atoms with Crippen LogP contribution in [0.25, 0.3) is 90.9 Å². The van der Waals surface area contributed by atoms with Crippen LogP contribution in [-0.4, -0.2) is 19.9 Å². The van der Waals surface area contributed by atoms with Crippen LogP contribution >= 0.6 is 68.0 Å². The number of thiazole rings is 4. The fourth-order valence-electron chi connectivity index (χ4n) is 5.52. The first-order chi connectivity index (χ1) is 22.5. The maximum atomic E-state index is 13.7. The lowest BCUT2D eigenvalue weighted by Gasteiger charge is -1.99. The first kappa shape index (κ1) is 27.1. The van der Waals surface area contributed by atoms with Crippen LogP contribution in [-0.2, 0) is 0 Å². The quantitative estimate of drug-likeness (QED) is 0.183. The molecule has 0 N–H and O–H groups in total. The van der Waals surface area contributed by atoms with Gasteiger partial charge in [-0.2, -0.15) is 0 Å². The number of benzene rings is 4. The molecule has 0 atom stereocenters. The SMILES string of the molecule is Fc1ccc2nc(-c3ncc(-c4cc5cc6cc7sc(-c8cnc(-c9nc%10ccc(F)cc%10s9)s8)cc7cc6cc5s4)s3)sc2c1. The first-order valence-electron chi connectivity index (χ1n) is 14.0. The standard InChI is InChI=1S/C34H14F2N4S6/c35-19-1-3-21-25(11-19)43-33(39-21)31-37-13-29(45-31)27-9-17-5-15-8-24-18(6-16(15)7-23(17)41-27)10-28(42-24)30-14-38-32(46-30)34-40-22-4-2-20(36)12-26(22)44-34/h1-14H. The van der Waals surface area contributed by atoms with Gasteiger partial charge < -0.3 is 0 Å². The summed E-state index contributed by atoms with van der Waals surface area (Å²) in [4.78, 5) is 23.2. The van der Waals surface area contributed by atoms with Crippen LogP contribution in [0.5, 0.6) is 0 Å². The van der Waals surface area contributed by atoms with Crippen molar-refractivity contribution in [1.82, 2.24) is 19.9 Å². The van der Waals surface area contributed by atoms with E-state index in [4.69, 9.17) is 0 Å². The van der Waals surface area contributed by atoms with Crippen molar-refractivity contribution in [1.29, 1.82) is 0 Å². The van der Waals surface area contributed by atoms with Crippen molar-refractivity contribution in [2.24, 2.45) is 0 Å². The minimum atomic E-state index is -0.254. The number of aromatic nitrogens is 4. The molecule has 10 aromatic rings. The fourth-order valence-corrected chi connectivity index (χ4v) is 11.7. The molecule has 6 heterocycles. The molecule has 4 aromatic carbocycles. The number of hydrogen-bond acceptors (Lipinski definition) is 10. The minimum absolute atomic E-state index is 0.254. The lowest BCUT2D eigenvalue weighted by Crippen LogP contribution is -1.73. The fraction of sp³-hybridized carbons (Fsp3) is 0. The largest absolute Gasteiger partial charge is 0.241 e. The second kappa shape index (κ2) is 10.2. The van der Waals surface area contributed by atoms with Gasteiger partial charge in [0.25, 0.3) is 0 Å². The van der Waals surface area contributed by atoms with E-state index in [1.54, 1.807) is 57.5 Å². The van der Waals surface area contributed by atoms with Gasteiger partial charge in [-0.05, 0) is 94.3 Å². The summed E-state index contributed by atoms with van der Waals surface area (Å²) in [5.74, 6) is -0.508. The van der Waals surface area contributed by atoms with Crippen LogP contribution in [0, 0.1) is 11.6 Å². The Kier molecular flexibility index (Phi) is 6.03. The van der Waals surface area contributed by atoms with Crippen molar-refractivity contribution >= 4 is 119 Å². The Balaban J connectivity index is 0.968. The van der Waals surface area contributed by atoms with Gasteiger partial charge in [-0.25, -0.2) is 28.7 Å². The molecule has 0 saturated carbocycles. The highest BCUT2D eigenvalue weighted by molar-refractivity contribution is 7.30. The molecule has 0 amide bonds. The highest BCUT2D eigenvalue weighted by Gasteiger charge is 2.16. The Morgan fingerprint density at radius 3 is 1.35 bits per heavy atom. The minimum Gasteiger partial charge on any atom is -0.241 e. The van der Waals surface area contributed by atoms with Gasteiger partial charge in [0, 0.05) is 31.5 Å². The maximum Gasteiger partial charge on any atom is 0.153 e. The van der Waals surface area contributed by atoms with Gasteiger partial charge in [-0.3, -0.25) is 0 Å². The van der Waals surface area contributed by atoms with Gasteiger partial charge in [0.2, 0.25) is 0 Å². The van der Waals surface area contributed by atoms with E-state index >= 15 is 0 Å². The summed E-state index contributed by atoms with van der Waals surface area (Å²) < 4.78 is 31.5. The van der Waals surface area contributed by atoms with Crippen LogP contribution in [0.15, 0.2) is 85.2 Å². The van der Waals surface area contributed by atoms with Gasteiger partial charge in [-0.15, -0.1) is 68.0 Å². The Labute approximate surface area is 282 Å². The predicted octanol–water partition coefficient (Wildman–Crippen LogP) is 12.3. The van der Waals surface area contributed by atoms with Crippen LogP contribution in [0.3, 0.4) is 0 Å². The van der Waals surface area contributed by atoms with Crippen LogP contribution in [0.4, 0.5) is 8.78 Å². The number of hydrogen-bond donors (Lipinski definition) is 0. The van der Waals surface area contributed by atoms with E-state index < -0.39 is 0 Å². The molecule has 220 valence electrons. The summed E-state index contributed by atoms with van der Waals surface area (Å²) in [6.45, 7) is 0. The Morgan fingerprint density at radius 1 is 0.391 bits per heavy atom. The van der Waals surface area contributed by atoms with E-state index in [-0.39, 0.29) is 11.6 Å². The third kappa shape index (κ3) is 4.51. The third-order valence-corrected chi connectivity index (χ3v) is 14.6. The molecule has 0 fully saturated rings. The molecule has 0 saturated heterocycles. The van der Waals surface area contributed by atoms with Gasteiger partial charge in [0.15, 0.2) is 20.0 Å². The highest BCUT2D eigenvalue weighted by Crippen LogP contribution is 2.44.